The highest BCUT2D eigenvalue weighted by molar-refractivity contribution is 9.13. The van der Waals surface area contributed by atoms with E-state index in [2.05, 4.69) is 42.2 Å². The minimum absolute atomic E-state index is 0.145. The van der Waals surface area contributed by atoms with Crippen molar-refractivity contribution in [2.24, 2.45) is 5.73 Å². The van der Waals surface area contributed by atoms with Crippen LogP contribution in [-0.4, -0.2) is 48.1 Å². The Bertz CT molecular complexity index is 1290. The van der Waals surface area contributed by atoms with Gasteiger partial charge in [-0.15, -0.1) is 11.3 Å². The maximum Gasteiger partial charge on any atom is 0.253 e. The van der Waals surface area contributed by atoms with Crippen LogP contribution in [0.1, 0.15) is 24.8 Å². The normalized spacial score (nSPS) is 18.3. The summed E-state index contributed by atoms with van der Waals surface area (Å²) < 4.78 is 29.3. The number of aromatic amines is 1. The molecule has 0 unspecified atom stereocenters. The van der Waals surface area contributed by atoms with E-state index in [-0.39, 0.29) is 17.2 Å². The van der Waals surface area contributed by atoms with Crippen molar-refractivity contribution in [3.8, 4) is 0 Å². The zero-order valence-electron chi connectivity index (χ0n) is 17.4. The van der Waals surface area contributed by atoms with Gasteiger partial charge >= 0.3 is 0 Å². The number of piperidine rings is 1. The number of hydrogen-bond donors (Lipinski definition) is 3. The minimum atomic E-state index is -3.88. The SMILES string of the molecule is NC(=O)[C@H](Cc1c[nH]c2ccccc12)NC(=O)[C@@H]1CCCCN1S(=O)(=O)c1cc(Br)c(Br)s1. The standard InChI is InChI=1S/C21H22Br2N4O4S2/c22-14-10-18(32-19(14)23)33(30,31)27-8-4-3-7-17(27)21(29)26-16(20(24)28)9-12-11-25-15-6-2-1-5-13(12)15/h1-2,5-6,10-11,16-17,25H,3-4,7-9H2,(H2,24,28)(H,26,29)/t16-,17-/m0/s1. The summed E-state index contributed by atoms with van der Waals surface area (Å²) in [5, 5.41) is 3.65. The predicted molar refractivity (Wildman–Crippen MR) is 134 cm³/mol. The Hall–Kier alpha value is -1.73. The number of para-hydroxylation sites is 1. The molecular weight excluding hydrogens is 596 g/mol. The zero-order chi connectivity index (χ0) is 23.8. The van der Waals surface area contributed by atoms with Crippen LogP contribution in [0.25, 0.3) is 10.9 Å². The topological polar surface area (TPSA) is 125 Å². The largest absolute Gasteiger partial charge is 0.368 e. The Morgan fingerprint density at radius 1 is 1.27 bits per heavy atom. The molecule has 33 heavy (non-hydrogen) atoms. The third-order valence-corrected chi connectivity index (χ3v) is 11.3. The first-order valence-corrected chi connectivity index (χ1v) is 14.1. The molecule has 2 amide bonds. The number of benzene rings is 1. The molecule has 4 rings (SSSR count). The molecule has 0 radical (unpaired) electrons. The van der Waals surface area contributed by atoms with Crippen molar-refractivity contribution < 1.29 is 18.0 Å². The molecule has 1 aliphatic heterocycles. The van der Waals surface area contributed by atoms with Crippen molar-refractivity contribution >= 4 is 75.9 Å². The number of sulfonamides is 1. The highest BCUT2D eigenvalue weighted by atomic mass is 79.9. The molecule has 0 aliphatic carbocycles. The fourth-order valence-electron chi connectivity index (χ4n) is 4.04. The Labute approximate surface area is 212 Å². The van der Waals surface area contributed by atoms with E-state index >= 15 is 0 Å². The summed E-state index contributed by atoms with van der Waals surface area (Å²) in [4.78, 5) is 28.5. The van der Waals surface area contributed by atoms with Crippen LogP contribution in [0, 0.1) is 0 Å². The summed E-state index contributed by atoms with van der Waals surface area (Å²) in [5.41, 5.74) is 7.36. The van der Waals surface area contributed by atoms with E-state index in [4.69, 9.17) is 5.73 Å². The molecule has 0 bridgehead atoms. The van der Waals surface area contributed by atoms with Gasteiger partial charge < -0.3 is 16.0 Å². The maximum atomic E-state index is 13.3. The van der Waals surface area contributed by atoms with Crippen molar-refractivity contribution in [1.29, 1.82) is 0 Å². The average Bonchev–Trinajstić information content (AvgIpc) is 3.36. The minimum Gasteiger partial charge on any atom is -0.368 e. The lowest BCUT2D eigenvalue weighted by molar-refractivity contribution is -0.130. The van der Waals surface area contributed by atoms with Crippen molar-refractivity contribution in [3.05, 3.63) is 50.4 Å². The molecular formula is C21H22Br2N4O4S2. The van der Waals surface area contributed by atoms with E-state index in [1.807, 2.05) is 24.3 Å². The number of H-pyrrole nitrogens is 1. The smallest absolute Gasteiger partial charge is 0.253 e. The van der Waals surface area contributed by atoms with Crippen LogP contribution in [-0.2, 0) is 26.0 Å². The highest BCUT2D eigenvalue weighted by Gasteiger charge is 2.39. The number of fused-ring (bicyclic) bond motifs is 1. The summed E-state index contributed by atoms with van der Waals surface area (Å²) in [7, 11) is -3.88. The van der Waals surface area contributed by atoms with Crippen LogP contribution in [0.3, 0.4) is 0 Å². The molecule has 2 atom stereocenters. The zero-order valence-corrected chi connectivity index (χ0v) is 22.2. The molecule has 1 aliphatic rings. The van der Waals surface area contributed by atoms with E-state index in [9.17, 15) is 18.0 Å². The number of primary amides is 1. The number of thiophene rings is 1. The van der Waals surface area contributed by atoms with Crippen LogP contribution in [0.4, 0.5) is 0 Å². The molecule has 0 saturated carbocycles. The molecule has 176 valence electrons. The van der Waals surface area contributed by atoms with Crippen molar-refractivity contribution in [3.63, 3.8) is 0 Å². The van der Waals surface area contributed by atoms with Crippen LogP contribution in [0.15, 0.2) is 49.0 Å². The lowest BCUT2D eigenvalue weighted by Gasteiger charge is -2.34. The summed E-state index contributed by atoms with van der Waals surface area (Å²) in [5.74, 6) is -1.19. The molecule has 8 nitrogen and oxygen atoms in total. The van der Waals surface area contributed by atoms with Gasteiger partial charge in [0, 0.05) is 34.5 Å². The van der Waals surface area contributed by atoms with E-state index in [0.717, 1.165) is 27.8 Å². The third kappa shape index (κ3) is 5.04. The maximum absolute atomic E-state index is 13.3. The summed E-state index contributed by atoms with van der Waals surface area (Å²) >= 11 is 7.73. The van der Waals surface area contributed by atoms with E-state index in [1.165, 1.54) is 10.4 Å². The highest BCUT2D eigenvalue weighted by Crippen LogP contribution is 2.37. The van der Waals surface area contributed by atoms with Gasteiger partial charge in [-0.1, -0.05) is 24.6 Å². The fraction of sp³-hybridized carbons (Fsp3) is 0.333. The number of nitrogens with two attached hydrogens (primary N) is 1. The van der Waals surface area contributed by atoms with Crippen LogP contribution in [0.5, 0.6) is 0 Å². The second kappa shape index (κ2) is 9.87. The van der Waals surface area contributed by atoms with E-state index in [1.54, 1.807) is 6.20 Å². The number of amides is 2. The number of carbonyl (C=O) groups is 2. The molecule has 12 heteroatoms. The number of hydrogen-bond acceptors (Lipinski definition) is 5. The number of nitrogens with zero attached hydrogens (tertiary/aromatic N) is 1. The van der Waals surface area contributed by atoms with Crippen molar-refractivity contribution in [2.75, 3.05) is 6.54 Å². The summed E-state index contributed by atoms with van der Waals surface area (Å²) in [6.45, 7) is 0.233. The number of carbonyl (C=O) groups excluding carboxylic acids is 2. The van der Waals surface area contributed by atoms with Gasteiger partial charge in [0.1, 0.15) is 16.3 Å². The molecule has 2 aromatic heterocycles. The monoisotopic (exact) mass is 616 g/mol. The van der Waals surface area contributed by atoms with Gasteiger partial charge in [-0.2, -0.15) is 4.31 Å². The van der Waals surface area contributed by atoms with Crippen molar-refractivity contribution in [1.82, 2.24) is 14.6 Å². The summed E-state index contributed by atoms with van der Waals surface area (Å²) in [6, 6.07) is 7.29. The van der Waals surface area contributed by atoms with E-state index < -0.39 is 33.9 Å². The van der Waals surface area contributed by atoms with Crippen LogP contribution < -0.4 is 11.1 Å². The predicted octanol–water partition coefficient (Wildman–Crippen LogP) is 3.51. The van der Waals surface area contributed by atoms with Gasteiger partial charge in [0.25, 0.3) is 10.0 Å². The number of rotatable bonds is 7. The lowest BCUT2D eigenvalue weighted by Crippen LogP contribution is -2.56. The van der Waals surface area contributed by atoms with Gasteiger partial charge in [0.05, 0.1) is 3.79 Å². The van der Waals surface area contributed by atoms with Gasteiger partial charge in [-0.25, -0.2) is 8.42 Å². The number of nitrogens with one attached hydrogen (secondary N) is 2. The summed E-state index contributed by atoms with van der Waals surface area (Å²) in [6.07, 6.45) is 3.74. The molecule has 1 fully saturated rings. The first-order valence-electron chi connectivity index (χ1n) is 10.3. The van der Waals surface area contributed by atoms with E-state index in [0.29, 0.717) is 27.5 Å². The van der Waals surface area contributed by atoms with Gasteiger partial charge in [-0.3, -0.25) is 9.59 Å². The number of halogens is 2. The molecule has 3 heterocycles. The van der Waals surface area contributed by atoms with Gasteiger partial charge in [0.2, 0.25) is 11.8 Å². The number of aromatic nitrogens is 1. The quantitative estimate of drug-likeness (QED) is 0.375. The van der Waals surface area contributed by atoms with Gasteiger partial charge in [-0.05, 0) is 62.4 Å². The van der Waals surface area contributed by atoms with Crippen LogP contribution >= 0.6 is 43.2 Å². The Morgan fingerprint density at radius 2 is 2.03 bits per heavy atom. The Morgan fingerprint density at radius 3 is 2.73 bits per heavy atom. The molecule has 1 aromatic carbocycles. The Kier molecular flexibility index (Phi) is 7.29. The average molecular weight is 618 g/mol. The van der Waals surface area contributed by atoms with Gasteiger partial charge in [0.15, 0.2) is 0 Å². The fourth-order valence-corrected chi connectivity index (χ4v) is 8.64. The van der Waals surface area contributed by atoms with Crippen molar-refractivity contribution in [2.45, 2.75) is 42.0 Å². The molecule has 3 aromatic rings. The second-order valence-corrected chi connectivity index (χ2v) is 13.2. The lowest BCUT2D eigenvalue weighted by atomic mass is 10.0. The van der Waals surface area contributed by atoms with Crippen LogP contribution in [0.2, 0.25) is 0 Å². The Balaban J connectivity index is 1.55. The third-order valence-electron chi connectivity index (χ3n) is 5.70. The first-order chi connectivity index (χ1) is 15.7. The first kappa shape index (κ1) is 24.4. The molecule has 1 saturated heterocycles. The second-order valence-electron chi connectivity index (χ2n) is 7.84. The molecule has 0 spiro atoms. The molecule has 4 N–H and O–H groups in total.